The lowest BCUT2D eigenvalue weighted by molar-refractivity contribution is -0.117. The molecule has 0 radical (unpaired) electrons. The van der Waals surface area contributed by atoms with Crippen molar-refractivity contribution in [2.75, 3.05) is 32.6 Å². The number of benzene rings is 1. The number of methoxy groups -OCH3 is 1. The topological polar surface area (TPSA) is 58.6 Å². The van der Waals surface area contributed by atoms with E-state index in [4.69, 9.17) is 0 Å². The van der Waals surface area contributed by atoms with E-state index in [0.717, 1.165) is 0 Å². The summed E-state index contributed by atoms with van der Waals surface area (Å²) in [4.78, 5) is 24.7. The van der Waals surface area contributed by atoms with Gasteiger partial charge in [-0.2, -0.15) is 0 Å². The van der Waals surface area contributed by atoms with E-state index in [1.807, 2.05) is 0 Å². The number of anilines is 1. The van der Waals surface area contributed by atoms with E-state index in [9.17, 15) is 9.59 Å². The standard InChI is InChI=1S/C12H16N2O3.ClH/c1-13-8-11(15)14(2)10-7-5-4-6-9(10)12(16)17-3;/h4-7,13H,8H2,1-3H3;1H. The molecule has 1 aromatic rings. The molecule has 0 bridgehead atoms. The lowest BCUT2D eigenvalue weighted by Gasteiger charge is -2.19. The third-order valence-corrected chi connectivity index (χ3v) is 2.37. The molecule has 5 nitrogen and oxygen atoms in total. The highest BCUT2D eigenvalue weighted by atomic mass is 35.5. The molecular weight excluding hydrogens is 256 g/mol. The number of nitrogens with zero attached hydrogens (tertiary/aromatic N) is 1. The van der Waals surface area contributed by atoms with Crippen LogP contribution in [0.25, 0.3) is 0 Å². The van der Waals surface area contributed by atoms with Gasteiger partial charge < -0.3 is 15.0 Å². The fourth-order valence-electron chi connectivity index (χ4n) is 1.45. The first-order chi connectivity index (χ1) is 8.11. The fraction of sp³-hybridized carbons (Fsp3) is 0.333. The van der Waals surface area contributed by atoms with E-state index in [1.54, 1.807) is 38.4 Å². The number of hydrogen-bond acceptors (Lipinski definition) is 4. The smallest absolute Gasteiger partial charge is 0.339 e. The highest BCUT2D eigenvalue weighted by Gasteiger charge is 2.17. The Bertz CT molecular complexity index is 424. The molecule has 1 N–H and O–H groups in total. The van der Waals surface area contributed by atoms with Crippen LogP contribution in [0.1, 0.15) is 10.4 Å². The number of amides is 1. The molecule has 0 saturated heterocycles. The second-order valence-corrected chi connectivity index (χ2v) is 3.49. The molecule has 1 aromatic carbocycles. The molecule has 6 heteroatoms. The van der Waals surface area contributed by atoms with E-state index in [2.05, 4.69) is 10.1 Å². The number of likely N-dealkylation sites (N-methyl/N-ethyl adjacent to an activating group) is 2. The zero-order valence-electron chi connectivity index (χ0n) is 10.6. The summed E-state index contributed by atoms with van der Waals surface area (Å²) in [7, 11) is 4.63. The van der Waals surface area contributed by atoms with E-state index >= 15 is 0 Å². The molecule has 0 aliphatic rings. The average molecular weight is 273 g/mol. The maximum atomic E-state index is 11.7. The predicted molar refractivity (Wildman–Crippen MR) is 72.4 cm³/mol. The van der Waals surface area contributed by atoms with E-state index < -0.39 is 5.97 Å². The molecule has 0 fully saturated rings. The van der Waals surface area contributed by atoms with Gasteiger partial charge in [0.05, 0.1) is 24.9 Å². The Morgan fingerprint density at radius 1 is 1.33 bits per heavy atom. The van der Waals surface area contributed by atoms with E-state index in [-0.39, 0.29) is 24.9 Å². The second-order valence-electron chi connectivity index (χ2n) is 3.49. The van der Waals surface area contributed by atoms with Crippen molar-refractivity contribution in [1.82, 2.24) is 5.32 Å². The van der Waals surface area contributed by atoms with Gasteiger partial charge in [-0.25, -0.2) is 4.79 Å². The minimum Gasteiger partial charge on any atom is -0.465 e. The summed E-state index contributed by atoms with van der Waals surface area (Å²) < 4.78 is 4.67. The summed E-state index contributed by atoms with van der Waals surface area (Å²) >= 11 is 0. The molecule has 1 rings (SSSR count). The summed E-state index contributed by atoms with van der Waals surface area (Å²) in [6.45, 7) is 0.214. The van der Waals surface area contributed by atoms with Crippen LogP contribution in [0.3, 0.4) is 0 Å². The fourth-order valence-corrected chi connectivity index (χ4v) is 1.45. The van der Waals surface area contributed by atoms with Crippen molar-refractivity contribution in [3.05, 3.63) is 29.8 Å². The van der Waals surface area contributed by atoms with Crippen LogP contribution >= 0.6 is 12.4 Å². The molecule has 0 heterocycles. The predicted octanol–water partition coefficient (Wildman–Crippen LogP) is 1.08. The number of hydrogen-bond donors (Lipinski definition) is 1. The highest BCUT2D eigenvalue weighted by Crippen LogP contribution is 2.19. The maximum Gasteiger partial charge on any atom is 0.339 e. The van der Waals surface area contributed by atoms with Gasteiger partial charge in [-0.3, -0.25) is 4.79 Å². The van der Waals surface area contributed by atoms with Crippen molar-refractivity contribution >= 4 is 30.0 Å². The second kappa shape index (κ2) is 7.68. The minimum absolute atomic E-state index is 0. The SMILES string of the molecule is CNCC(=O)N(C)c1ccccc1C(=O)OC.Cl. The third-order valence-electron chi connectivity index (χ3n) is 2.37. The molecule has 0 unspecified atom stereocenters. The van der Waals surface area contributed by atoms with Gasteiger partial charge in [-0.15, -0.1) is 12.4 Å². The van der Waals surface area contributed by atoms with Crippen molar-refractivity contribution in [2.45, 2.75) is 0 Å². The molecule has 1 amide bonds. The summed E-state index contributed by atoms with van der Waals surface area (Å²) in [5.41, 5.74) is 0.918. The van der Waals surface area contributed by atoms with Gasteiger partial charge in [0.15, 0.2) is 0 Å². The average Bonchev–Trinajstić information content (AvgIpc) is 2.37. The van der Waals surface area contributed by atoms with Crippen molar-refractivity contribution in [3.63, 3.8) is 0 Å². The van der Waals surface area contributed by atoms with Gasteiger partial charge in [0.1, 0.15) is 0 Å². The van der Waals surface area contributed by atoms with Crippen molar-refractivity contribution < 1.29 is 14.3 Å². The molecule has 0 atom stereocenters. The number of nitrogens with one attached hydrogen (secondary N) is 1. The van der Waals surface area contributed by atoms with Crippen LogP contribution in [0.2, 0.25) is 0 Å². The molecule has 0 spiro atoms. The number of esters is 1. The largest absolute Gasteiger partial charge is 0.465 e. The Balaban J connectivity index is 0.00000289. The number of carbonyl (C=O) groups excluding carboxylic acids is 2. The number of halogens is 1. The summed E-state index contributed by atoms with van der Waals surface area (Å²) in [5.74, 6) is -0.575. The zero-order chi connectivity index (χ0) is 12.8. The molecule has 100 valence electrons. The van der Waals surface area contributed by atoms with E-state index in [1.165, 1.54) is 12.0 Å². The van der Waals surface area contributed by atoms with Crippen LogP contribution in [-0.2, 0) is 9.53 Å². The summed E-state index contributed by atoms with van der Waals surface area (Å²) in [6, 6.07) is 6.83. The van der Waals surface area contributed by atoms with Gasteiger partial charge in [0.2, 0.25) is 5.91 Å². The molecule has 18 heavy (non-hydrogen) atoms. The third kappa shape index (κ3) is 3.72. The van der Waals surface area contributed by atoms with Crippen LogP contribution in [0.5, 0.6) is 0 Å². The van der Waals surface area contributed by atoms with Gasteiger partial charge in [-0.1, -0.05) is 12.1 Å². The van der Waals surface area contributed by atoms with Gasteiger partial charge >= 0.3 is 5.97 Å². The molecule has 0 saturated carbocycles. The number of rotatable bonds is 4. The number of ether oxygens (including phenoxy) is 1. The quantitative estimate of drug-likeness (QED) is 0.834. The minimum atomic E-state index is -0.454. The summed E-state index contributed by atoms with van der Waals surface area (Å²) in [5, 5.41) is 2.77. The van der Waals surface area contributed by atoms with Crippen molar-refractivity contribution in [2.24, 2.45) is 0 Å². The van der Waals surface area contributed by atoms with Gasteiger partial charge in [0.25, 0.3) is 0 Å². The lowest BCUT2D eigenvalue weighted by Crippen LogP contribution is -2.35. The molecule has 0 aromatic heterocycles. The monoisotopic (exact) mass is 272 g/mol. The maximum absolute atomic E-state index is 11.7. The van der Waals surface area contributed by atoms with Crippen LogP contribution in [-0.4, -0.2) is 39.6 Å². The molecule has 0 aliphatic heterocycles. The first-order valence-electron chi connectivity index (χ1n) is 5.20. The van der Waals surface area contributed by atoms with Gasteiger partial charge in [0, 0.05) is 7.05 Å². The highest BCUT2D eigenvalue weighted by molar-refractivity contribution is 6.02. The Morgan fingerprint density at radius 2 is 1.94 bits per heavy atom. The molecular formula is C12H17ClN2O3. The number of carbonyl (C=O) groups is 2. The van der Waals surface area contributed by atoms with Crippen LogP contribution < -0.4 is 10.2 Å². The van der Waals surface area contributed by atoms with Gasteiger partial charge in [-0.05, 0) is 19.2 Å². The Morgan fingerprint density at radius 3 is 2.50 bits per heavy atom. The van der Waals surface area contributed by atoms with Crippen LogP contribution in [0, 0.1) is 0 Å². The Hall–Kier alpha value is -1.59. The number of para-hydroxylation sites is 1. The zero-order valence-corrected chi connectivity index (χ0v) is 11.4. The lowest BCUT2D eigenvalue weighted by atomic mass is 10.1. The first-order valence-corrected chi connectivity index (χ1v) is 5.20. The summed E-state index contributed by atoms with van der Waals surface area (Å²) in [6.07, 6.45) is 0. The normalized spacial score (nSPS) is 9.28. The van der Waals surface area contributed by atoms with Crippen LogP contribution in [0.4, 0.5) is 5.69 Å². The Labute approximate surface area is 113 Å². The first kappa shape index (κ1) is 16.4. The van der Waals surface area contributed by atoms with E-state index in [0.29, 0.717) is 11.3 Å². The van der Waals surface area contributed by atoms with Crippen LogP contribution in [0.15, 0.2) is 24.3 Å². The van der Waals surface area contributed by atoms with Crippen molar-refractivity contribution in [1.29, 1.82) is 0 Å². The van der Waals surface area contributed by atoms with Crippen molar-refractivity contribution in [3.8, 4) is 0 Å². The Kier molecular flexibility index (Phi) is 7.00. The molecule has 0 aliphatic carbocycles.